The van der Waals surface area contributed by atoms with Crippen molar-refractivity contribution in [3.8, 4) is 11.1 Å². The van der Waals surface area contributed by atoms with Crippen molar-refractivity contribution >= 4 is 17.4 Å². The standard InChI is InChI=1S/C21H20FN3O3/c1-4-21(27)25(3)19-8-6-14(10-17(19)22)15-5-7-18(23-12-15)20(26)11-16-9-13(2)24-28-16/h5-10,12H,4,11H2,1-3H3. The smallest absolute Gasteiger partial charge is 0.226 e. The molecule has 0 aliphatic rings. The third kappa shape index (κ3) is 4.14. The van der Waals surface area contributed by atoms with Gasteiger partial charge in [-0.1, -0.05) is 24.2 Å². The molecule has 0 unspecified atom stereocenters. The zero-order chi connectivity index (χ0) is 20.3. The normalized spacial score (nSPS) is 10.7. The van der Waals surface area contributed by atoms with Crippen molar-refractivity contribution in [1.29, 1.82) is 0 Å². The van der Waals surface area contributed by atoms with Gasteiger partial charge in [0.15, 0.2) is 5.78 Å². The van der Waals surface area contributed by atoms with Crippen LogP contribution in [0.2, 0.25) is 0 Å². The van der Waals surface area contributed by atoms with Gasteiger partial charge in [-0.15, -0.1) is 0 Å². The molecule has 0 aliphatic carbocycles. The van der Waals surface area contributed by atoms with Crippen molar-refractivity contribution in [3.63, 3.8) is 0 Å². The number of ketones is 1. The number of halogens is 1. The first-order valence-electron chi connectivity index (χ1n) is 8.87. The molecule has 2 heterocycles. The van der Waals surface area contributed by atoms with Crippen LogP contribution in [0.5, 0.6) is 0 Å². The fourth-order valence-electron chi connectivity index (χ4n) is 2.81. The third-order valence-electron chi connectivity index (χ3n) is 4.38. The average molecular weight is 381 g/mol. The van der Waals surface area contributed by atoms with Crippen molar-refractivity contribution in [2.45, 2.75) is 26.7 Å². The van der Waals surface area contributed by atoms with Crippen LogP contribution in [0.25, 0.3) is 11.1 Å². The highest BCUT2D eigenvalue weighted by Gasteiger charge is 2.15. The van der Waals surface area contributed by atoms with E-state index in [4.69, 9.17) is 4.52 Å². The minimum absolute atomic E-state index is 0.0777. The molecule has 0 N–H and O–H groups in total. The average Bonchev–Trinajstić information content (AvgIpc) is 3.11. The molecule has 6 nitrogen and oxygen atoms in total. The second-order valence-electron chi connectivity index (χ2n) is 6.44. The van der Waals surface area contributed by atoms with Crippen molar-refractivity contribution in [3.05, 3.63) is 65.6 Å². The van der Waals surface area contributed by atoms with Crippen LogP contribution in [0.3, 0.4) is 0 Å². The molecular weight excluding hydrogens is 361 g/mol. The largest absolute Gasteiger partial charge is 0.361 e. The lowest BCUT2D eigenvalue weighted by Gasteiger charge is -2.17. The first-order valence-corrected chi connectivity index (χ1v) is 8.87. The molecule has 0 saturated carbocycles. The number of nitrogens with zero attached hydrogens (tertiary/aromatic N) is 3. The molecule has 28 heavy (non-hydrogen) atoms. The summed E-state index contributed by atoms with van der Waals surface area (Å²) in [5.74, 6) is -0.374. The quantitative estimate of drug-likeness (QED) is 0.604. The van der Waals surface area contributed by atoms with Crippen molar-refractivity contribution in [2.75, 3.05) is 11.9 Å². The monoisotopic (exact) mass is 381 g/mol. The summed E-state index contributed by atoms with van der Waals surface area (Å²) in [5, 5.41) is 3.75. The summed E-state index contributed by atoms with van der Waals surface area (Å²) in [6, 6.07) is 9.64. The predicted octanol–water partition coefficient (Wildman–Crippen LogP) is 3.98. The summed E-state index contributed by atoms with van der Waals surface area (Å²) in [6.45, 7) is 3.51. The van der Waals surface area contributed by atoms with Crippen LogP contribution in [-0.2, 0) is 11.2 Å². The van der Waals surface area contributed by atoms with E-state index < -0.39 is 5.82 Å². The predicted molar refractivity (Wildman–Crippen MR) is 103 cm³/mol. The maximum Gasteiger partial charge on any atom is 0.226 e. The highest BCUT2D eigenvalue weighted by molar-refractivity contribution is 5.96. The fraction of sp³-hybridized carbons (Fsp3) is 0.238. The number of hydrogen-bond donors (Lipinski definition) is 0. The Morgan fingerprint density at radius 2 is 1.89 bits per heavy atom. The van der Waals surface area contributed by atoms with Gasteiger partial charge in [-0.3, -0.25) is 14.6 Å². The number of anilines is 1. The number of aromatic nitrogens is 2. The molecule has 0 atom stereocenters. The summed E-state index contributed by atoms with van der Waals surface area (Å²) in [6.07, 6.45) is 1.90. The van der Waals surface area contributed by atoms with Gasteiger partial charge in [0.2, 0.25) is 5.91 Å². The molecule has 1 amide bonds. The SMILES string of the molecule is CCC(=O)N(C)c1ccc(-c2ccc(C(=O)Cc3cc(C)no3)nc2)cc1F. The lowest BCUT2D eigenvalue weighted by molar-refractivity contribution is -0.118. The molecule has 3 rings (SSSR count). The van der Waals surface area contributed by atoms with Crippen LogP contribution < -0.4 is 4.90 Å². The van der Waals surface area contributed by atoms with Crippen LogP contribution in [0.4, 0.5) is 10.1 Å². The zero-order valence-electron chi connectivity index (χ0n) is 15.9. The number of aryl methyl sites for hydroxylation is 1. The number of benzene rings is 1. The second kappa shape index (κ2) is 8.12. The lowest BCUT2D eigenvalue weighted by Crippen LogP contribution is -2.25. The third-order valence-corrected chi connectivity index (χ3v) is 4.38. The first kappa shape index (κ1) is 19.4. The number of Topliss-reactive ketones (excluding diaryl/α,β-unsaturated/α-hetero) is 1. The minimum Gasteiger partial charge on any atom is -0.361 e. The van der Waals surface area contributed by atoms with E-state index in [1.54, 1.807) is 51.2 Å². The molecule has 144 valence electrons. The van der Waals surface area contributed by atoms with Crippen LogP contribution in [0, 0.1) is 12.7 Å². The molecule has 1 aromatic carbocycles. The van der Waals surface area contributed by atoms with E-state index in [2.05, 4.69) is 10.1 Å². The number of amides is 1. The van der Waals surface area contributed by atoms with Gasteiger partial charge in [0.25, 0.3) is 0 Å². The Hall–Kier alpha value is -3.35. The van der Waals surface area contributed by atoms with Crippen LogP contribution in [-0.4, -0.2) is 28.9 Å². The van der Waals surface area contributed by atoms with Crippen molar-refractivity contribution < 1.29 is 18.5 Å². The Morgan fingerprint density at radius 1 is 1.14 bits per heavy atom. The maximum absolute atomic E-state index is 14.4. The molecular formula is C21H20FN3O3. The Bertz CT molecular complexity index is 1010. The van der Waals surface area contributed by atoms with E-state index in [9.17, 15) is 14.0 Å². The van der Waals surface area contributed by atoms with E-state index in [0.29, 0.717) is 34.7 Å². The summed E-state index contributed by atoms with van der Waals surface area (Å²) < 4.78 is 19.5. The highest BCUT2D eigenvalue weighted by Crippen LogP contribution is 2.26. The van der Waals surface area contributed by atoms with Gasteiger partial charge < -0.3 is 9.42 Å². The Balaban J connectivity index is 1.77. The maximum atomic E-state index is 14.4. The zero-order valence-corrected chi connectivity index (χ0v) is 15.9. The number of hydrogen-bond acceptors (Lipinski definition) is 5. The van der Waals surface area contributed by atoms with E-state index in [1.807, 2.05) is 0 Å². The summed E-state index contributed by atoms with van der Waals surface area (Å²) >= 11 is 0. The van der Waals surface area contributed by atoms with Gasteiger partial charge in [-0.05, 0) is 30.7 Å². The summed E-state index contributed by atoms with van der Waals surface area (Å²) in [5.41, 5.74) is 2.50. The van der Waals surface area contributed by atoms with Gasteiger partial charge in [-0.25, -0.2) is 4.39 Å². The van der Waals surface area contributed by atoms with Crippen LogP contribution in [0.1, 0.15) is 35.3 Å². The van der Waals surface area contributed by atoms with Gasteiger partial charge in [0.1, 0.15) is 17.3 Å². The van der Waals surface area contributed by atoms with Gasteiger partial charge in [0.05, 0.1) is 17.8 Å². The van der Waals surface area contributed by atoms with E-state index in [0.717, 1.165) is 0 Å². The molecule has 0 aliphatic heterocycles. The lowest BCUT2D eigenvalue weighted by atomic mass is 10.1. The Kier molecular flexibility index (Phi) is 5.63. The van der Waals surface area contributed by atoms with Crippen LogP contribution >= 0.6 is 0 Å². The van der Waals surface area contributed by atoms with Gasteiger partial charge >= 0.3 is 0 Å². The minimum atomic E-state index is -0.498. The second-order valence-corrected chi connectivity index (χ2v) is 6.44. The first-order chi connectivity index (χ1) is 13.4. The number of carbonyl (C=O) groups is 2. The molecule has 0 radical (unpaired) electrons. The molecule has 0 saturated heterocycles. The van der Waals surface area contributed by atoms with Gasteiger partial charge in [0, 0.05) is 31.3 Å². The van der Waals surface area contributed by atoms with Crippen molar-refractivity contribution in [2.24, 2.45) is 0 Å². The number of carbonyl (C=O) groups excluding carboxylic acids is 2. The molecule has 2 aromatic heterocycles. The van der Waals surface area contributed by atoms with E-state index >= 15 is 0 Å². The van der Waals surface area contributed by atoms with E-state index in [1.165, 1.54) is 17.2 Å². The summed E-state index contributed by atoms with van der Waals surface area (Å²) in [7, 11) is 1.54. The topological polar surface area (TPSA) is 76.3 Å². The molecule has 3 aromatic rings. The van der Waals surface area contributed by atoms with Gasteiger partial charge in [-0.2, -0.15) is 0 Å². The Morgan fingerprint density at radius 3 is 2.46 bits per heavy atom. The van der Waals surface area contributed by atoms with E-state index in [-0.39, 0.29) is 23.8 Å². The fourth-order valence-corrected chi connectivity index (χ4v) is 2.81. The Labute approximate surface area is 162 Å². The molecule has 0 spiro atoms. The van der Waals surface area contributed by atoms with Crippen LogP contribution in [0.15, 0.2) is 47.1 Å². The highest BCUT2D eigenvalue weighted by atomic mass is 19.1. The number of rotatable bonds is 6. The van der Waals surface area contributed by atoms with Crippen molar-refractivity contribution in [1.82, 2.24) is 10.1 Å². The molecule has 0 fully saturated rings. The number of pyridine rings is 1. The summed E-state index contributed by atoms with van der Waals surface area (Å²) in [4.78, 5) is 29.5. The molecule has 0 bridgehead atoms. The molecule has 7 heteroatoms.